The van der Waals surface area contributed by atoms with Crippen molar-refractivity contribution >= 4 is 28.6 Å². The molecule has 1 heterocycles. The molecule has 1 saturated carbocycles. The molecule has 152 valence electrons. The average Bonchev–Trinajstić information content (AvgIpc) is 2.69. The number of rotatable bonds is 6. The van der Waals surface area contributed by atoms with Crippen LogP contribution in [0.25, 0.3) is 10.9 Å². The Morgan fingerprint density at radius 1 is 1.29 bits per heavy atom. The summed E-state index contributed by atoms with van der Waals surface area (Å²) in [6, 6.07) is 7.71. The summed E-state index contributed by atoms with van der Waals surface area (Å²) in [5.41, 5.74) is 0.652. The van der Waals surface area contributed by atoms with Crippen LogP contribution < -0.4 is 10.9 Å². The van der Waals surface area contributed by atoms with Crippen molar-refractivity contribution in [3.63, 3.8) is 0 Å². The normalized spacial score (nSPS) is 22.0. The Balaban J connectivity index is 1.85. The van der Waals surface area contributed by atoms with Crippen LogP contribution >= 0.6 is 11.8 Å². The second kappa shape index (κ2) is 9.12. The average molecular weight is 402 g/mol. The van der Waals surface area contributed by atoms with E-state index in [0.717, 1.165) is 12.8 Å². The summed E-state index contributed by atoms with van der Waals surface area (Å²) in [5, 5.41) is 4.17. The van der Waals surface area contributed by atoms with E-state index < -0.39 is 0 Å². The number of carbonyl (C=O) groups is 1. The number of hydrogen-bond acceptors (Lipinski definition) is 4. The van der Waals surface area contributed by atoms with Crippen molar-refractivity contribution in [2.45, 2.75) is 82.3 Å². The molecule has 2 aromatic rings. The molecule has 1 N–H and O–H groups in total. The van der Waals surface area contributed by atoms with Crippen LogP contribution in [0.2, 0.25) is 0 Å². The summed E-state index contributed by atoms with van der Waals surface area (Å²) in [4.78, 5) is 30.6. The van der Waals surface area contributed by atoms with Gasteiger partial charge in [-0.1, -0.05) is 50.6 Å². The fourth-order valence-electron chi connectivity index (χ4n) is 3.82. The van der Waals surface area contributed by atoms with Gasteiger partial charge in [0.2, 0.25) is 5.91 Å². The van der Waals surface area contributed by atoms with Crippen LogP contribution in [0.3, 0.4) is 0 Å². The Morgan fingerprint density at radius 2 is 2.00 bits per heavy atom. The summed E-state index contributed by atoms with van der Waals surface area (Å²) < 4.78 is 1.75. The molecule has 6 heteroatoms. The number of aromatic nitrogens is 2. The molecule has 4 atom stereocenters. The Kier molecular flexibility index (Phi) is 6.81. The third kappa shape index (κ3) is 4.43. The summed E-state index contributed by atoms with van der Waals surface area (Å²) in [7, 11) is 0. The van der Waals surface area contributed by atoms with Crippen LogP contribution in [0.4, 0.5) is 0 Å². The first-order valence-corrected chi connectivity index (χ1v) is 11.3. The van der Waals surface area contributed by atoms with Gasteiger partial charge in [-0.15, -0.1) is 0 Å². The van der Waals surface area contributed by atoms with E-state index in [-0.39, 0.29) is 28.8 Å². The zero-order chi connectivity index (χ0) is 20.3. The molecule has 1 fully saturated rings. The van der Waals surface area contributed by atoms with E-state index in [9.17, 15) is 9.59 Å². The highest BCUT2D eigenvalue weighted by atomic mass is 32.2. The predicted octanol–water partition coefficient (Wildman–Crippen LogP) is 4.54. The molecule has 0 spiro atoms. The van der Waals surface area contributed by atoms with Gasteiger partial charge in [0.15, 0.2) is 5.16 Å². The minimum atomic E-state index is -0.308. The number of amides is 1. The zero-order valence-electron chi connectivity index (χ0n) is 17.3. The Labute approximate surface area is 171 Å². The maximum absolute atomic E-state index is 13.1. The minimum absolute atomic E-state index is 0.0285. The van der Waals surface area contributed by atoms with Gasteiger partial charge >= 0.3 is 0 Å². The second-order valence-corrected chi connectivity index (χ2v) is 9.29. The molecule has 1 aromatic carbocycles. The third-order valence-electron chi connectivity index (χ3n) is 5.90. The molecule has 1 aliphatic rings. The first kappa shape index (κ1) is 20.9. The van der Waals surface area contributed by atoms with Crippen LogP contribution in [0.15, 0.2) is 34.2 Å². The van der Waals surface area contributed by atoms with Gasteiger partial charge in [-0.2, -0.15) is 0 Å². The molecule has 0 bridgehead atoms. The van der Waals surface area contributed by atoms with Crippen LogP contribution in [0.5, 0.6) is 0 Å². The van der Waals surface area contributed by atoms with Gasteiger partial charge in [-0.25, -0.2) is 4.98 Å². The predicted molar refractivity (Wildman–Crippen MR) is 116 cm³/mol. The van der Waals surface area contributed by atoms with Crippen LogP contribution in [-0.4, -0.2) is 26.8 Å². The second-order valence-electron chi connectivity index (χ2n) is 7.98. The van der Waals surface area contributed by atoms with Gasteiger partial charge in [0.25, 0.3) is 5.56 Å². The molecule has 0 saturated heterocycles. The fraction of sp³-hybridized carbons (Fsp3) is 0.591. The molecular weight excluding hydrogens is 370 g/mol. The number of nitrogens with one attached hydrogen (secondary N) is 1. The molecule has 1 aromatic heterocycles. The number of hydrogen-bond donors (Lipinski definition) is 1. The molecule has 0 unspecified atom stereocenters. The Bertz CT molecular complexity index is 895. The molecule has 3 rings (SSSR count). The number of nitrogens with zero attached hydrogens (tertiary/aromatic N) is 2. The van der Waals surface area contributed by atoms with Gasteiger partial charge < -0.3 is 5.32 Å². The van der Waals surface area contributed by atoms with E-state index >= 15 is 0 Å². The van der Waals surface area contributed by atoms with E-state index in [1.54, 1.807) is 4.57 Å². The maximum Gasteiger partial charge on any atom is 0.262 e. The van der Waals surface area contributed by atoms with Crippen molar-refractivity contribution in [2.24, 2.45) is 5.92 Å². The highest BCUT2D eigenvalue weighted by molar-refractivity contribution is 8.00. The largest absolute Gasteiger partial charge is 0.352 e. The quantitative estimate of drug-likeness (QED) is 0.570. The van der Waals surface area contributed by atoms with Gasteiger partial charge in [-0.3, -0.25) is 14.2 Å². The molecule has 1 amide bonds. The SMILES string of the molecule is CC[C@@H](C)n1c(S[C@H](C)C(=O)N[C@@H]2CCCC[C@@H]2C)nc2ccccc2c1=O. The first-order chi connectivity index (χ1) is 13.4. The summed E-state index contributed by atoms with van der Waals surface area (Å²) >= 11 is 1.38. The Morgan fingerprint density at radius 3 is 2.71 bits per heavy atom. The maximum atomic E-state index is 13.1. The zero-order valence-corrected chi connectivity index (χ0v) is 18.1. The number of carbonyl (C=O) groups excluding carboxylic acids is 1. The smallest absolute Gasteiger partial charge is 0.262 e. The van der Waals surface area contributed by atoms with E-state index in [1.165, 1.54) is 31.0 Å². The number of benzene rings is 1. The monoisotopic (exact) mass is 401 g/mol. The molecule has 5 nitrogen and oxygen atoms in total. The van der Waals surface area contributed by atoms with Gasteiger partial charge in [0, 0.05) is 12.1 Å². The molecule has 1 aliphatic carbocycles. The first-order valence-electron chi connectivity index (χ1n) is 10.4. The van der Waals surface area contributed by atoms with Gasteiger partial charge in [0.05, 0.1) is 16.2 Å². The van der Waals surface area contributed by atoms with Gasteiger partial charge in [-0.05, 0) is 51.2 Å². The Hall–Kier alpha value is -1.82. The van der Waals surface area contributed by atoms with Crippen molar-refractivity contribution in [1.29, 1.82) is 0 Å². The van der Waals surface area contributed by atoms with Crippen molar-refractivity contribution in [3.8, 4) is 0 Å². The lowest BCUT2D eigenvalue weighted by Gasteiger charge is -2.30. The van der Waals surface area contributed by atoms with Crippen molar-refractivity contribution in [1.82, 2.24) is 14.9 Å². The van der Waals surface area contributed by atoms with E-state index in [2.05, 4.69) is 19.2 Å². The van der Waals surface area contributed by atoms with Crippen molar-refractivity contribution < 1.29 is 4.79 Å². The van der Waals surface area contributed by atoms with Crippen LogP contribution in [0, 0.1) is 5.92 Å². The third-order valence-corrected chi connectivity index (χ3v) is 6.96. The van der Waals surface area contributed by atoms with Crippen molar-refractivity contribution in [3.05, 3.63) is 34.6 Å². The fourth-order valence-corrected chi connectivity index (χ4v) is 4.84. The number of para-hydroxylation sites is 1. The summed E-state index contributed by atoms with van der Waals surface area (Å²) in [6.07, 6.45) is 5.48. The van der Waals surface area contributed by atoms with E-state index in [0.29, 0.717) is 22.0 Å². The molecule has 28 heavy (non-hydrogen) atoms. The molecular formula is C22H31N3O2S. The van der Waals surface area contributed by atoms with E-state index in [4.69, 9.17) is 4.98 Å². The highest BCUT2D eigenvalue weighted by Gasteiger charge is 2.26. The van der Waals surface area contributed by atoms with Crippen LogP contribution in [0.1, 0.15) is 65.8 Å². The molecule has 0 radical (unpaired) electrons. The lowest BCUT2D eigenvalue weighted by Crippen LogP contribution is -2.44. The topological polar surface area (TPSA) is 64.0 Å². The van der Waals surface area contributed by atoms with E-state index in [1.807, 2.05) is 38.1 Å². The summed E-state index contributed by atoms with van der Waals surface area (Å²) in [5.74, 6) is 0.550. The highest BCUT2D eigenvalue weighted by Crippen LogP contribution is 2.28. The lowest BCUT2D eigenvalue weighted by atomic mass is 9.86. The number of fused-ring (bicyclic) bond motifs is 1. The number of thioether (sulfide) groups is 1. The van der Waals surface area contributed by atoms with Gasteiger partial charge in [0.1, 0.15) is 0 Å². The molecule has 0 aliphatic heterocycles. The van der Waals surface area contributed by atoms with Crippen LogP contribution in [-0.2, 0) is 4.79 Å². The standard InChI is InChI=1S/C22H31N3O2S/c1-5-15(3)25-21(27)17-11-7-9-13-19(17)24-22(25)28-16(4)20(26)23-18-12-8-6-10-14(18)2/h7,9,11,13-16,18H,5-6,8,10,12H2,1-4H3,(H,23,26)/t14-,15+,16+,18+/m0/s1. The lowest BCUT2D eigenvalue weighted by molar-refractivity contribution is -0.121. The minimum Gasteiger partial charge on any atom is -0.352 e. The van der Waals surface area contributed by atoms with Crippen molar-refractivity contribution in [2.75, 3.05) is 0 Å². The summed E-state index contributed by atoms with van der Waals surface area (Å²) in [6.45, 7) is 8.20.